The molecule has 3 aromatic heterocycles. The first kappa shape index (κ1) is 19.8. The zero-order valence-corrected chi connectivity index (χ0v) is 16.3. The van der Waals surface area contributed by atoms with Crippen molar-refractivity contribution in [3.05, 3.63) is 77.1 Å². The van der Waals surface area contributed by atoms with Crippen LogP contribution < -0.4 is 5.32 Å². The number of carbonyl (C=O) groups excluding carboxylic acids is 1. The summed E-state index contributed by atoms with van der Waals surface area (Å²) in [7, 11) is 0. The second-order valence-corrected chi connectivity index (χ2v) is 7.17. The van der Waals surface area contributed by atoms with Crippen molar-refractivity contribution in [3.63, 3.8) is 0 Å². The Labute approximate surface area is 173 Å². The Hall–Kier alpha value is -3.53. The molecule has 1 amide bonds. The number of rotatable bonds is 4. The summed E-state index contributed by atoms with van der Waals surface area (Å²) < 4.78 is 40.2. The molecule has 4 aromatic rings. The lowest BCUT2D eigenvalue weighted by atomic mass is 10.2. The molecule has 0 aliphatic heterocycles. The molecule has 0 bridgehead atoms. The van der Waals surface area contributed by atoms with Crippen molar-refractivity contribution in [3.8, 4) is 17.1 Å². The molecule has 3 heterocycles. The third-order valence-corrected chi connectivity index (χ3v) is 5.08. The predicted octanol–water partition coefficient (Wildman–Crippen LogP) is 4.97. The number of pyridine rings is 1. The molecule has 1 aromatic carbocycles. The number of hydrogen-bond acceptors (Lipinski definition) is 5. The van der Waals surface area contributed by atoms with Gasteiger partial charge in [-0.2, -0.15) is 18.3 Å². The van der Waals surface area contributed by atoms with Crippen LogP contribution in [0, 0.1) is 6.92 Å². The minimum Gasteiger partial charge on any atom is -0.298 e. The molecule has 10 heteroatoms. The highest BCUT2D eigenvalue weighted by Crippen LogP contribution is 2.30. The summed E-state index contributed by atoms with van der Waals surface area (Å²) in [5.41, 5.74) is 1.39. The standard InChI is InChI=1S/C20H14F3N5OS/c1-12-15(10-25-28(12)14-6-4-5-13(9-14)20(21,22)23)18(29)27-19-26-17(11-30-19)16-7-2-3-8-24-16/h2-11H,1H3,(H,26,27,29). The zero-order chi connectivity index (χ0) is 21.3. The maximum Gasteiger partial charge on any atom is 0.416 e. The van der Waals surface area contributed by atoms with Crippen LogP contribution in [0.15, 0.2) is 60.2 Å². The number of anilines is 1. The molecular formula is C20H14F3N5OS. The largest absolute Gasteiger partial charge is 0.416 e. The maximum absolute atomic E-state index is 13.0. The highest BCUT2D eigenvalue weighted by molar-refractivity contribution is 7.14. The minimum absolute atomic E-state index is 0.216. The van der Waals surface area contributed by atoms with Crippen LogP contribution in [-0.2, 0) is 6.18 Å². The first-order valence-corrected chi connectivity index (χ1v) is 9.61. The lowest BCUT2D eigenvalue weighted by molar-refractivity contribution is -0.137. The van der Waals surface area contributed by atoms with E-state index in [0.29, 0.717) is 22.2 Å². The van der Waals surface area contributed by atoms with Crippen LogP contribution in [0.2, 0.25) is 0 Å². The number of thiazole rings is 1. The number of alkyl halides is 3. The molecule has 0 saturated carbocycles. The topological polar surface area (TPSA) is 72.7 Å². The van der Waals surface area contributed by atoms with E-state index in [1.807, 2.05) is 12.1 Å². The third-order valence-electron chi connectivity index (χ3n) is 4.32. The summed E-state index contributed by atoms with van der Waals surface area (Å²) in [4.78, 5) is 21.2. The van der Waals surface area contributed by atoms with E-state index >= 15 is 0 Å². The average molecular weight is 429 g/mol. The summed E-state index contributed by atoms with van der Waals surface area (Å²) in [5, 5.41) is 8.94. The van der Waals surface area contributed by atoms with E-state index in [1.54, 1.807) is 24.6 Å². The van der Waals surface area contributed by atoms with Crippen LogP contribution >= 0.6 is 11.3 Å². The van der Waals surface area contributed by atoms with Crippen LogP contribution in [0.3, 0.4) is 0 Å². The van der Waals surface area contributed by atoms with Gasteiger partial charge < -0.3 is 0 Å². The first-order valence-electron chi connectivity index (χ1n) is 8.73. The Kier molecular flexibility index (Phi) is 5.08. The van der Waals surface area contributed by atoms with Gasteiger partial charge in [0, 0.05) is 11.6 Å². The van der Waals surface area contributed by atoms with Crippen LogP contribution in [-0.4, -0.2) is 25.7 Å². The Balaban J connectivity index is 1.56. The minimum atomic E-state index is -4.46. The van der Waals surface area contributed by atoms with Gasteiger partial charge in [-0.3, -0.25) is 15.1 Å². The van der Waals surface area contributed by atoms with Crippen LogP contribution in [0.4, 0.5) is 18.3 Å². The summed E-state index contributed by atoms with van der Waals surface area (Å²) in [6, 6.07) is 10.2. The number of amides is 1. The molecule has 152 valence electrons. The van der Waals surface area contributed by atoms with E-state index in [2.05, 4.69) is 20.4 Å². The number of benzene rings is 1. The zero-order valence-electron chi connectivity index (χ0n) is 15.5. The molecule has 1 N–H and O–H groups in total. The molecule has 0 aliphatic rings. The quantitative estimate of drug-likeness (QED) is 0.497. The van der Waals surface area contributed by atoms with Crippen molar-refractivity contribution in [2.24, 2.45) is 0 Å². The molecule has 0 saturated heterocycles. The fourth-order valence-corrected chi connectivity index (χ4v) is 3.53. The van der Waals surface area contributed by atoms with E-state index < -0.39 is 17.6 Å². The van der Waals surface area contributed by atoms with E-state index in [1.165, 1.54) is 34.3 Å². The molecule has 0 unspecified atom stereocenters. The van der Waals surface area contributed by atoms with Gasteiger partial charge in [-0.25, -0.2) is 9.67 Å². The number of hydrogen-bond donors (Lipinski definition) is 1. The normalized spacial score (nSPS) is 11.5. The highest BCUT2D eigenvalue weighted by Gasteiger charge is 2.30. The molecule has 0 aliphatic carbocycles. The third kappa shape index (κ3) is 3.94. The van der Waals surface area contributed by atoms with Crippen LogP contribution in [0.1, 0.15) is 21.6 Å². The number of nitrogens with one attached hydrogen (secondary N) is 1. The Bertz CT molecular complexity index is 1200. The number of halogens is 3. The summed E-state index contributed by atoms with van der Waals surface area (Å²) in [6.07, 6.45) is -1.50. The lowest BCUT2D eigenvalue weighted by Gasteiger charge is -2.10. The summed E-state index contributed by atoms with van der Waals surface area (Å²) >= 11 is 1.25. The van der Waals surface area contributed by atoms with Crippen molar-refractivity contribution >= 4 is 22.4 Å². The molecule has 0 spiro atoms. The second kappa shape index (κ2) is 7.71. The lowest BCUT2D eigenvalue weighted by Crippen LogP contribution is -2.13. The van der Waals surface area contributed by atoms with E-state index in [9.17, 15) is 18.0 Å². The van der Waals surface area contributed by atoms with Crippen molar-refractivity contribution in [1.82, 2.24) is 19.7 Å². The Morgan fingerprint density at radius 1 is 1.13 bits per heavy atom. The Morgan fingerprint density at radius 2 is 1.97 bits per heavy atom. The van der Waals surface area contributed by atoms with Gasteiger partial charge in [-0.1, -0.05) is 12.1 Å². The summed E-state index contributed by atoms with van der Waals surface area (Å²) in [5.74, 6) is -0.451. The fraction of sp³-hybridized carbons (Fsp3) is 0.100. The van der Waals surface area contributed by atoms with Crippen molar-refractivity contribution in [2.75, 3.05) is 5.32 Å². The van der Waals surface area contributed by atoms with Gasteiger partial charge in [0.05, 0.1) is 34.4 Å². The number of nitrogens with zero attached hydrogens (tertiary/aromatic N) is 4. The molecule has 4 rings (SSSR count). The SMILES string of the molecule is Cc1c(C(=O)Nc2nc(-c3ccccn3)cs2)cnn1-c1cccc(C(F)(F)F)c1. The predicted molar refractivity (Wildman–Crippen MR) is 107 cm³/mol. The Morgan fingerprint density at radius 3 is 2.70 bits per heavy atom. The average Bonchev–Trinajstić information content (AvgIpc) is 3.35. The fourth-order valence-electron chi connectivity index (χ4n) is 2.83. The number of carbonyl (C=O) groups is 1. The molecule has 0 radical (unpaired) electrons. The van der Waals surface area contributed by atoms with Gasteiger partial charge in [0.1, 0.15) is 5.69 Å². The van der Waals surface area contributed by atoms with Crippen LogP contribution in [0.5, 0.6) is 0 Å². The highest BCUT2D eigenvalue weighted by atomic mass is 32.1. The van der Waals surface area contributed by atoms with Gasteiger partial charge in [0.2, 0.25) is 0 Å². The van der Waals surface area contributed by atoms with Crippen LogP contribution in [0.25, 0.3) is 17.1 Å². The van der Waals surface area contributed by atoms with Gasteiger partial charge in [-0.15, -0.1) is 11.3 Å². The van der Waals surface area contributed by atoms with Gasteiger partial charge in [0.25, 0.3) is 5.91 Å². The van der Waals surface area contributed by atoms with E-state index in [4.69, 9.17) is 0 Å². The van der Waals surface area contributed by atoms with Crippen molar-refractivity contribution < 1.29 is 18.0 Å². The smallest absolute Gasteiger partial charge is 0.298 e. The molecule has 30 heavy (non-hydrogen) atoms. The van der Waals surface area contributed by atoms with Gasteiger partial charge in [0.15, 0.2) is 5.13 Å². The van der Waals surface area contributed by atoms with Gasteiger partial charge in [-0.05, 0) is 37.3 Å². The monoisotopic (exact) mass is 429 g/mol. The maximum atomic E-state index is 13.0. The van der Waals surface area contributed by atoms with Crippen molar-refractivity contribution in [2.45, 2.75) is 13.1 Å². The summed E-state index contributed by atoms with van der Waals surface area (Å²) in [6.45, 7) is 1.61. The second-order valence-electron chi connectivity index (χ2n) is 6.31. The van der Waals surface area contributed by atoms with E-state index in [-0.39, 0.29) is 11.3 Å². The molecule has 0 atom stereocenters. The first-order chi connectivity index (χ1) is 14.3. The molecule has 6 nitrogen and oxygen atoms in total. The van der Waals surface area contributed by atoms with Gasteiger partial charge >= 0.3 is 6.18 Å². The van der Waals surface area contributed by atoms with Crippen molar-refractivity contribution in [1.29, 1.82) is 0 Å². The van der Waals surface area contributed by atoms with E-state index in [0.717, 1.165) is 12.1 Å². The number of aromatic nitrogens is 4. The molecular weight excluding hydrogens is 415 g/mol. The molecule has 0 fully saturated rings.